The molecule has 2 aromatic heterocycles. The van der Waals surface area contributed by atoms with Crippen LogP contribution in [0.1, 0.15) is 33.3 Å². The van der Waals surface area contributed by atoms with Crippen LogP contribution in [0.4, 0.5) is 18.9 Å². The Morgan fingerprint density at radius 3 is 2.65 bits per heavy atom. The molecular formula is C23H19F3N6O2. The predicted octanol–water partition coefficient (Wildman–Crippen LogP) is 3.73. The molecule has 0 aliphatic carbocycles. The Bertz CT molecular complexity index is 1410. The molecule has 1 aliphatic heterocycles. The number of aliphatic hydroxyl groups is 1. The van der Waals surface area contributed by atoms with Crippen LogP contribution in [-0.2, 0) is 26.8 Å². The van der Waals surface area contributed by atoms with E-state index in [0.717, 1.165) is 22.9 Å². The molecule has 1 aliphatic rings. The Kier molecular flexibility index (Phi) is 5.01. The number of aliphatic hydroxyl groups excluding tert-OH is 1. The number of hydrogen-bond acceptors (Lipinski definition) is 6. The number of halogens is 3. The van der Waals surface area contributed by atoms with Gasteiger partial charge in [-0.15, -0.1) is 10.2 Å². The second-order valence-electron chi connectivity index (χ2n) is 8.10. The smallest absolute Gasteiger partial charge is 0.369 e. The molecule has 1 unspecified atom stereocenters. The number of benzene rings is 2. The fourth-order valence-corrected chi connectivity index (χ4v) is 4.41. The average Bonchev–Trinajstić information content (AvgIpc) is 3.49. The van der Waals surface area contributed by atoms with Crippen molar-refractivity contribution in [3.8, 4) is 22.6 Å². The maximum atomic E-state index is 13.7. The highest BCUT2D eigenvalue weighted by molar-refractivity contribution is 5.80. The van der Waals surface area contributed by atoms with Crippen LogP contribution in [0.15, 0.2) is 48.9 Å². The number of aryl methyl sites for hydroxylation is 2. The van der Waals surface area contributed by atoms with E-state index < -0.39 is 18.0 Å². The Labute approximate surface area is 191 Å². The lowest BCUT2D eigenvalue weighted by molar-refractivity contribution is -0.138. The zero-order valence-electron chi connectivity index (χ0n) is 18.2. The molecule has 5 rings (SSSR count). The van der Waals surface area contributed by atoms with Crippen molar-refractivity contribution < 1.29 is 23.1 Å². The lowest BCUT2D eigenvalue weighted by Gasteiger charge is -2.23. The number of fused-ring (bicyclic) bond motifs is 1. The van der Waals surface area contributed by atoms with E-state index in [4.69, 9.17) is 0 Å². The zero-order valence-corrected chi connectivity index (χ0v) is 18.2. The molecule has 0 radical (unpaired) electrons. The molecule has 4 aromatic rings. The van der Waals surface area contributed by atoms with Gasteiger partial charge in [-0.3, -0.25) is 9.48 Å². The highest BCUT2D eigenvalue weighted by atomic mass is 19.4. The Hall–Kier alpha value is -3.99. The molecule has 1 N–H and O–H groups in total. The number of anilines is 1. The standard InChI is InChI=1S/C23H19F3N6O2/c1-30-12-27-29-21(30)17-9-28-31(2)20(17)14-4-3-5-15(8-14)32-10-18-16(22(32)34)6-13(11-33)7-19(18)23(24,25)26/h3-9,11-12,22,34H,10H2,1-2H3. The van der Waals surface area contributed by atoms with Crippen molar-refractivity contribution >= 4 is 12.0 Å². The number of rotatable bonds is 4. The van der Waals surface area contributed by atoms with E-state index >= 15 is 0 Å². The van der Waals surface area contributed by atoms with Crippen molar-refractivity contribution in [1.82, 2.24) is 24.5 Å². The maximum absolute atomic E-state index is 13.7. The van der Waals surface area contributed by atoms with Crippen molar-refractivity contribution in [2.75, 3.05) is 4.90 Å². The van der Waals surface area contributed by atoms with E-state index in [2.05, 4.69) is 15.3 Å². The highest BCUT2D eigenvalue weighted by Crippen LogP contribution is 2.44. The van der Waals surface area contributed by atoms with Gasteiger partial charge in [-0.2, -0.15) is 18.3 Å². The van der Waals surface area contributed by atoms with Gasteiger partial charge in [-0.1, -0.05) is 12.1 Å². The molecule has 2 aromatic carbocycles. The van der Waals surface area contributed by atoms with Gasteiger partial charge in [-0.25, -0.2) is 0 Å². The molecule has 3 heterocycles. The van der Waals surface area contributed by atoms with Crippen LogP contribution in [0.25, 0.3) is 22.6 Å². The lowest BCUT2D eigenvalue weighted by atomic mass is 9.99. The molecule has 1 atom stereocenters. The molecule has 11 heteroatoms. The van der Waals surface area contributed by atoms with Crippen LogP contribution in [-0.4, -0.2) is 35.9 Å². The molecule has 0 saturated carbocycles. The van der Waals surface area contributed by atoms with Gasteiger partial charge in [0.2, 0.25) is 0 Å². The number of hydrogen-bond donors (Lipinski definition) is 1. The molecule has 0 saturated heterocycles. The van der Waals surface area contributed by atoms with Gasteiger partial charge in [0.05, 0.1) is 23.0 Å². The van der Waals surface area contributed by atoms with Crippen LogP contribution in [0.5, 0.6) is 0 Å². The zero-order chi connectivity index (χ0) is 24.2. The summed E-state index contributed by atoms with van der Waals surface area (Å²) in [6.07, 6.45) is -2.39. The number of carbonyl (C=O) groups is 1. The number of nitrogens with zero attached hydrogens (tertiary/aromatic N) is 6. The van der Waals surface area contributed by atoms with Gasteiger partial charge in [0.25, 0.3) is 0 Å². The Morgan fingerprint density at radius 1 is 1.18 bits per heavy atom. The van der Waals surface area contributed by atoms with E-state index in [1.165, 1.54) is 11.0 Å². The largest absolute Gasteiger partial charge is 0.416 e. The first kappa shape index (κ1) is 21.8. The van der Waals surface area contributed by atoms with E-state index in [-0.39, 0.29) is 23.2 Å². The molecule has 34 heavy (non-hydrogen) atoms. The minimum Gasteiger partial charge on any atom is -0.369 e. The van der Waals surface area contributed by atoms with Gasteiger partial charge in [-0.05, 0) is 29.8 Å². The third-order valence-electron chi connectivity index (χ3n) is 5.99. The number of aldehydes is 1. The maximum Gasteiger partial charge on any atom is 0.416 e. The van der Waals surface area contributed by atoms with Crippen molar-refractivity contribution in [3.63, 3.8) is 0 Å². The third kappa shape index (κ3) is 3.45. The van der Waals surface area contributed by atoms with Crippen LogP contribution < -0.4 is 4.90 Å². The molecule has 0 amide bonds. The summed E-state index contributed by atoms with van der Waals surface area (Å²) in [6.45, 7) is -0.157. The quantitative estimate of drug-likeness (QED) is 0.459. The summed E-state index contributed by atoms with van der Waals surface area (Å²) in [5, 5.41) is 23.3. The second-order valence-corrected chi connectivity index (χ2v) is 8.10. The summed E-state index contributed by atoms with van der Waals surface area (Å²) < 4.78 is 44.5. The molecule has 174 valence electrons. The monoisotopic (exact) mass is 468 g/mol. The fraction of sp³-hybridized carbons (Fsp3) is 0.217. The highest BCUT2D eigenvalue weighted by Gasteiger charge is 2.40. The van der Waals surface area contributed by atoms with Gasteiger partial charge in [0.1, 0.15) is 12.6 Å². The molecule has 0 bridgehead atoms. The summed E-state index contributed by atoms with van der Waals surface area (Å²) in [5.41, 5.74) is 1.71. The van der Waals surface area contributed by atoms with E-state index in [1.807, 2.05) is 13.1 Å². The normalized spacial score (nSPS) is 15.6. The van der Waals surface area contributed by atoms with Crippen LogP contribution >= 0.6 is 0 Å². The van der Waals surface area contributed by atoms with Crippen LogP contribution in [0.3, 0.4) is 0 Å². The molecule has 0 spiro atoms. The molecule has 0 fully saturated rings. The Morgan fingerprint density at radius 2 is 1.97 bits per heavy atom. The summed E-state index contributed by atoms with van der Waals surface area (Å²) in [7, 11) is 3.59. The van der Waals surface area contributed by atoms with Crippen molar-refractivity contribution in [1.29, 1.82) is 0 Å². The first-order valence-electron chi connectivity index (χ1n) is 10.3. The summed E-state index contributed by atoms with van der Waals surface area (Å²) >= 11 is 0. The van der Waals surface area contributed by atoms with Crippen molar-refractivity contribution in [2.24, 2.45) is 14.1 Å². The van der Waals surface area contributed by atoms with E-state index in [0.29, 0.717) is 17.8 Å². The first-order chi connectivity index (χ1) is 16.2. The van der Waals surface area contributed by atoms with Gasteiger partial charge >= 0.3 is 6.18 Å². The second kappa shape index (κ2) is 7.80. The number of carbonyl (C=O) groups excluding carboxylic acids is 1. The SMILES string of the molecule is Cn1cnnc1-c1cnn(C)c1-c1cccc(N2Cc3c(cc(C=O)cc3C(F)(F)F)C2O)c1. The minimum absolute atomic E-state index is 0.0451. The van der Waals surface area contributed by atoms with Crippen molar-refractivity contribution in [2.45, 2.75) is 18.9 Å². The van der Waals surface area contributed by atoms with Gasteiger partial charge in [0.15, 0.2) is 12.1 Å². The van der Waals surface area contributed by atoms with Crippen LogP contribution in [0.2, 0.25) is 0 Å². The fourth-order valence-electron chi connectivity index (χ4n) is 4.41. The van der Waals surface area contributed by atoms with Gasteiger partial charge < -0.3 is 14.6 Å². The first-order valence-corrected chi connectivity index (χ1v) is 10.3. The van der Waals surface area contributed by atoms with Crippen LogP contribution in [0, 0.1) is 0 Å². The summed E-state index contributed by atoms with van der Waals surface area (Å²) in [4.78, 5) is 12.7. The molecule has 8 nitrogen and oxygen atoms in total. The van der Waals surface area contributed by atoms with E-state index in [1.54, 1.807) is 47.0 Å². The van der Waals surface area contributed by atoms with Gasteiger partial charge in [0, 0.05) is 43.0 Å². The number of aromatic nitrogens is 5. The Balaban J connectivity index is 1.58. The predicted molar refractivity (Wildman–Crippen MR) is 117 cm³/mol. The average molecular weight is 468 g/mol. The third-order valence-corrected chi connectivity index (χ3v) is 5.99. The van der Waals surface area contributed by atoms with E-state index in [9.17, 15) is 23.1 Å². The molecular weight excluding hydrogens is 449 g/mol. The summed E-state index contributed by atoms with van der Waals surface area (Å²) in [5.74, 6) is 0.610. The van der Waals surface area contributed by atoms with Crippen molar-refractivity contribution in [3.05, 3.63) is 71.2 Å². The lowest BCUT2D eigenvalue weighted by Crippen LogP contribution is -2.21. The summed E-state index contributed by atoms with van der Waals surface area (Å²) in [6, 6.07) is 9.22. The topological polar surface area (TPSA) is 89.1 Å². The minimum atomic E-state index is -4.65. The number of alkyl halides is 3.